The van der Waals surface area contributed by atoms with Gasteiger partial charge in [-0.05, 0) is 103 Å². The fourth-order valence-corrected chi connectivity index (χ4v) is 8.13. The minimum Gasteiger partial charge on any atom is -0.494 e. The Morgan fingerprint density at radius 3 is 1.85 bits per heavy atom. The highest BCUT2D eigenvalue weighted by Crippen LogP contribution is 2.50. The number of hydrogen-bond donors (Lipinski definition) is 0. The van der Waals surface area contributed by atoms with Gasteiger partial charge in [-0.15, -0.1) is 0 Å². The molecule has 0 atom stereocenters. The summed E-state index contributed by atoms with van der Waals surface area (Å²) >= 11 is 0. The number of benzene rings is 5. The molecule has 5 aromatic carbocycles. The van der Waals surface area contributed by atoms with Crippen molar-refractivity contribution < 1.29 is 9.53 Å². The molecule has 1 heterocycles. The minimum atomic E-state index is -0.202. The van der Waals surface area contributed by atoms with Crippen LogP contribution >= 0.6 is 0 Å². The van der Waals surface area contributed by atoms with Crippen molar-refractivity contribution in [2.45, 2.75) is 78.6 Å². The first-order chi connectivity index (χ1) is 22.9. The molecule has 0 radical (unpaired) electrons. The molecule has 47 heavy (non-hydrogen) atoms. The number of ketones is 1. The summed E-state index contributed by atoms with van der Waals surface area (Å²) in [5.41, 5.74) is 12.2. The lowest BCUT2D eigenvalue weighted by molar-refractivity contribution is 0.102. The number of aryl methyl sites for hydroxylation is 2. The highest BCUT2D eigenvalue weighted by Gasteiger charge is 2.43. The number of hydrogen-bond acceptors (Lipinski definition) is 2. The van der Waals surface area contributed by atoms with E-state index in [2.05, 4.69) is 117 Å². The monoisotopic (exact) mass is 619 g/mol. The normalized spacial score (nSPS) is 13.6. The van der Waals surface area contributed by atoms with Crippen molar-refractivity contribution in [2.75, 3.05) is 6.61 Å². The predicted octanol–water partition coefficient (Wildman–Crippen LogP) is 11.7. The van der Waals surface area contributed by atoms with Crippen LogP contribution < -0.4 is 4.74 Å². The number of carbonyl (C=O) groups excluding carboxylic acids is 1. The molecule has 3 nitrogen and oxygen atoms in total. The first kappa shape index (κ1) is 31.0. The molecule has 1 aromatic heterocycles. The lowest BCUT2D eigenvalue weighted by atomic mass is 9.61. The highest BCUT2D eigenvalue weighted by molar-refractivity contribution is 6.14. The Morgan fingerprint density at radius 2 is 1.26 bits per heavy atom. The van der Waals surface area contributed by atoms with E-state index in [9.17, 15) is 4.79 Å². The van der Waals surface area contributed by atoms with Crippen LogP contribution in [0.5, 0.6) is 5.75 Å². The summed E-state index contributed by atoms with van der Waals surface area (Å²) < 4.78 is 8.37. The smallest absolute Gasteiger partial charge is 0.193 e. The van der Waals surface area contributed by atoms with Gasteiger partial charge in [0.2, 0.25) is 0 Å². The summed E-state index contributed by atoms with van der Waals surface area (Å²) in [6.45, 7) is 11.5. The van der Waals surface area contributed by atoms with Crippen molar-refractivity contribution >= 4 is 27.6 Å². The summed E-state index contributed by atoms with van der Waals surface area (Å²) in [6.07, 6.45) is 6.51. The molecule has 3 heteroatoms. The van der Waals surface area contributed by atoms with Gasteiger partial charge in [-0.3, -0.25) is 4.79 Å². The van der Waals surface area contributed by atoms with Crippen molar-refractivity contribution in [3.8, 4) is 22.6 Å². The van der Waals surface area contributed by atoms with Crippen LogP contribution in [-0.2, 0) is 5.41 Å². The fraction of sp³-hybridized carbons (Fsp3) is 0.295. The van der Waals surface area contributed by atoms with Crippen molar-refractivity contribution in [3.05, 3.63) is 130 Å². The summed E-state index contributed by atoms with van der Waals surface area (Å²) in [5, 5.41) is 2.56. The molecule has 1 aliphatic carbocycles. The summed E-state index contributed by atoms with van der Waals surface area (Å²) in [6, 6.07) is 34.8. The number of unbranched alkanes of at least 4 members (excludes halogenated alkanes) is 2. The SMILES string of the molecule is CCCCC1(CCCC)c2ccc(-c3ccc(-n4c5c(C)cccc5c5cccc(C)c54)cc3)cc2C(=O)c2ccc(OCC)cc21. The Morgan fingerprint density at radius 1 is 0.638 bits per heavy atom. The molecule has 0 amide bonds. The van der Waals surface area contributed by atoms with Crippen LogP contribution in [0.25, 0.3) is 38.6 Å². The number of fused-ring (bicyclic) bond motifs is 5. The molecule has 0 aliphatic heterocycles. The Kier molecular flexibility index (Phi) is 8.26. The lowest BCUT2D eigenvalue weighted by Crippen LogP contribution is -2.36. The number of ether oxygens (including phenoxy) is 1. The van der Waals surface area contributed by atoms with E-state index in [0.29, 0.717) is 6.61 Å². The molecule has 0 spiro atoms. The summed E-state index contributed by atoms with van der Waals surface area (Å²) in [5.74, 6) is 0.974. The molecule has 0 fully saturated rings. The molecule has 0 unspecified atom stereocenters. The largest absolute Gasteiger partial charge is 0.494 e. The number of aromatic nitrogens is 1. The molecule has 0 bridgehead atoms. The van der Waals surface area contributed by atoms with Gasteiger partial charge in [0, 0.05) is 33.0 Å². The van der Waals surface area contributed by atoms with Gasteiger partial charge in [-0.1, -0.05) is 100 Å². The zero-order chi connectivity index (χ0) is 32.7. The maximum Gasteiger partial charge on any atom is 0.193 e. The zero-order valence-corrected chi connectivity index (χ0v) is 28.5. The van der Waals surface area contributed by atoms with Gasteiger partial charge in [0.05, 0.1) is 17.6 Å². The third-order valence-electron chi connectivity index (χ3n) is 10.4. The Balaban J connectivity index is 1.34. The van der Waals surface area contributed by atoms with E-state index < -0.39 is 0 Å². The van der Waals surface area contributed by atoms with Crippen LogP contribution in [0.3, 0.4) is 0 Å². The summed E-state index contributed by atoms with van der Waals surface area (Å²) in [4.78, 5) is 14.3. The molecule has 0 N–H and O–H groups in total. The quantitative estimate of drug-likeness (QED) is 0.153. The first-order valence-corrected chi connectivity index (χ1v) is 17.5. The lowest BCUT2D eigenvalue weighted by Gasteiger charge is -2.41. The number of carbonyl (C=O) groups is 1. The molecule has 0 saturated heterocycles. The van der Waals surface area contributed by atoms with Crippen molar-refractivity contribution in [1.82, 2.24) is 4.57 Å². The van der Waals surface area contributed by atoms with Crippen LogP contribution in [0, 0.1) is 13.8 Å². The number of nitrogens with zero attached hydrogens (tertiary/aromatic N) is 1. The van der Waals surface area contributed by atoms with E-state index in [0.717, 1.165) is 77.8 Å². The molecular formula is C44H45NO2. The van der Waals surface area contributed by atoms with Crippen molar-refractivity contribution in [2.24, 2.45) is 0 Å². The molecular weight excluding hydrogens is 574 g/mol. The molecule has 0 saturated carbocycles. The second kappa shape index (κ2) is 12.5. The van der Waals surface area contributed by atoms with Gasteiger partial charge in [0.25, 0.3) is 0 Å². The topological polar surface area (TPSA) is 31.2 Å². The fourth-order valence-electron chi connectivity index (χ4n) is 8.13. The van der Waals surface area contributed by atoms with E-state index in [4.69, 9.17) is 4.74 Å². The standard InChI is InChI=1S/C44H45NO2/c1-6-9-25-44(26-10-7-2)39-24-19-32(27-38(39)43(46)37-23-22-34(47-8-3)28-40(37)44)31-17-20-33(21-18-31)45-41-29(4)13-11-15-35(41)36-16-12-14-30(5)42(36)45/h11-24,27-28H,6-10,25-26H2,1-5H3. The van der Waals surface area contributed by atoms with E-state index in [1.54, 1.807) is 0 Å². The van der Waals surface area contributed by atoms with Gasteiger partial charge in [0.15, 0.2) is 5.78 Å². The number of para-hydroxylation sites is 2. The van der Waals surface area contributed by atoms with Gasteiger partial charge in [0.1, 0.15) is 5.75 Å². The van der Waals surface area contributed by atoms with Crippen LogP contribution in [0.2, 0.25) is 0 Å². The molecule has 6 aromatic rings. The van der Waals surface area contributed by atoms with Crippen molar-refractivity contribution in [3.63, 3.8) is 0 Å². The van der Waals surface area contributed by atoms with Crippen LogP contribution in [-0.4, -0.2) is 17.0 Å². The zero-order valence-electron chi connectivity index (χ0n) is 28.5. The average molecular weight is 620 g/mol. The van der Waals surface area contributed by atoms with E-state index in [1.165, 1.54) is 38.5 Å². The van der Waals surface area contributed by atoms with Gasteiger partial charge >= 0.3 is 0 Å². The van der Waals surface area contributed by atoms with E-state index in [1.807, 2.05) is 19.1 Å². The minimum absolute atomic E-state index is 0.122. The van der Waals surface area contributed by atoms with Crippen molar-refractivity contribution in [1.29, 1.82) is 0 Å². The van der Waals surface area contributed by atoms with Gasteiger partial charge < -0.3 is 9.30 Å². The Bertz CT molecular complexity index is 2050. The third kappa shape index (κ3) is 5.08. The maximum atomic E-state index is 14.3. The second-order valence-corrected chi connectivity index (χ2v) is 13.3. The molecule has 238 valence electrons. The maximum absolute atomic E-state index is 14.3. The van der Waals surface area contributed by atoms with E-state index in [-0.39, 0.29) is 11.2 Å². The third-order valence-corrected chi connectivity index (χ3v) is 10.4. The predicted molar refractivity (Wildman–Crippen MR) is 197 cm³/mol. The molecule has 1 aliphatic rings. The van der Waals surface area contributed by atoms with Crippen LogP contribution in [0.15, 0.2) is 97.1 Å². The number of rotatable bonds is 10. The van der Waals surface area contributed by atoms with E-state index >= 15 is 0 Å². The van der Waals surface area contributed by atoms with Crippen LogP contribution in [0.4, 0.5) is 0 Å². The van der Waals surface area contributed by atoms with Gasteiger partial charge in [-0.2, -0.15) is 0 Å². The first-order valence-electron chi connectivity index (χ1n) is 17.5. The Labute approximate surface area is 279 Å². The summed E-state index contributed by atoms with van der Waals surface area (Å²) in [7, 11) is 0. The highest BCUT2D eigenvalue weighted by atomic mass is 16.5. The molecule has 7 rings (SSSR count). The average Bonchev–Trinajstić information content (AvgIpc) is 3.45. The van der Waals surface area contributed by atoms with Crippen LogP contribution in [0.1, 0.15) is 97.5 Å². The Hall–Kier alpha value is -4.63. The van der Waals surface area contributed by atoms with Gasteiger partial charge in [-0.25, -0.2) is 0 Å². The second-order valence-electron chi connectivity index (χ2n) is 13.3.